The molecule has 0 amide bonds. The number of carbonyl (C=O) groups is 2. The fourth-order valence-corrected chi connectivity index (χ4v) is 5.30. The minimum absolute atomic E-state index is 0.119. The summed E-state index contributed by atoms with van der Waals surface area (Å²) in [5, 5.41) is 0. The maximum Gasteiger partial charge on any atom is 0.312 e. The van der Waals surface area contributed by atoms with Crippen LogP contribution in [-0.4, -0.2) is 32.1 Å². The highest BCUT2D eigenvalue weighted by Crippen LogP contribution is 2.50. The first-order valence-corrected chi connectivity index (χ1v) is 12.8. The zero-order valence-corrected chi connectivity index (χ0v) is 21.6. The van der Waals surface area contributed by atoms with Crippen LogP contribution >= 0.6 is 0 Å². The first-order chi connectivity index (χ1) is 18.4. The molecule has 7 nitrogen and oxygen atoms in total. The predicted molar refractivity (Wildman–Crippen MR) is 140 cm³/mol. The van der Waals surface area contributed by atoms with E-state index >= 15 is 0 Å². The molecule has 0 aliphatic carbocycles. The molecule has 0 saturated carbocycles. The highest BCUT2D eigenvalue weighted by Gasteiger charge is 2.39. The number of fused-ring (bicyclic) bond motifs is 4. The number of hydrogen-bond acceptors (Lipinski definition) is 7. The van der Waals surface area contributed by atoms with E-state index in [0.29, 0.717) is 46.5 Å². The van der Waals surface area contributed by atoms with Gasteiger partial charge in [0.05, 0.1) is 32.3 Å². The standard InChI is InChI=1S/C31H28O7/c1-17(2)30-29(33)21-6-9-25-28(31(21)38-30)22(16-27(32)37-25)19-5-8-24(34-3)26(15-19)36-12-10-18-4-7-23-20(14-18)11-13-35-23/h4-9,14-15,22H,10-13,16H2,1-3H3. The number of allylic oxidation sites excluding steroid dienone is 2. The van der Waals surface area contributed by atoms with Gasteiger partial charge in [0.15, 0.2) is 17.3 Å². The van der Waals surface area contributed by atoms with E-state index in [1.165, 1.54) is 11.1 Å². The molecule has 0 bridgehead atoms. The van der Waals surface area contributed by atoms with Gasteiger partial charge in [-0.05, 0) is 66.4 Å². The van der Waals surface area contributed by atoms with Gasteiger partial charge in [-0.25, -0.2) is 0 Å². The number of carbonyl (C=O) groups excluding carboxylic acids is 2. The first kappa shape index (κ1) is 24.1. The monoisotopic (exact) mass is 512 g/mol. The zero-order chi connectivity index (χ0) is 26.4. The summed E-state index contributed by atoms with van der Waals surface area (Å²) in [5.74, 6) is 2.48. The fourth-order valence-electron chi connectivity index (χ4n) is 5.30. The summed E-state index contributed by atoms with van der Waals surface area (Å²) in [6, 6.07) is 15.3. The Morgan fingerprint density at radius 3 is 2.63 bits per heavy atom. The lowest BCUT2D eigenvalue weighted by Crippen LogP contribution is -2.21. The molecule has 0 saturated heterocycles. The van der Waals surface area contributed by atoms with Gasteiger partial charge >= 0.3 is 5.97 Å². The van der Waals surface area contributed by atoms with Gasteiger partial charge < -0.3 is 23.7 Å². The molecule has 3 aromatic carbocycles. The summed E-state index contributed by atoms with van der Waals surface area (Å²) in [5.41, 5.74) is 5.23. The van der Waals surface area contributed by atoms with E-state index in [1.54, 1.807) is 19.2 Å². The van der Waals surface area contributed by atoms with E-state index in [2.05, 4.69) is 12.1 Å². The van der Waals surface area contributed by atoms with E-state index in [1.807, 2.05) is 38.1 Å². The average molecular weight is 513 g/mol. The molecule has 6 rings (SSSR count). The van der Waals surface area contributed by atoms with Gasteiger partial charge in [0, 0.05) is 24.3 Å². The van der Waals surface area contributed by atoms with E-state index in [0.717, 1.165) is 36.3 Å². The van der Waals surface area contributed by atoms with Gasteiger partial charge in [0.2, 0.25) is 5.78 Å². The van der Waals surface area contributed by atoms with Gasteiger partial charge in [-0.3, -0.25) is 9.59 Å². The Balaban J connectivity index is 1.30. The highest BCUT2D eigenvalue weighted by molar-refractivity contribution is 6.13. The third kappa shape index (κ3) is 4.18. The van der Waals surface area contributed by atoms with Crippen molar-refractivity contribution in [1.82, 2.24) is 0 Å². The lowest BCUT2D eigenvalue weighted by atomic mass is 9.84. The second-order valence-electron chi connectivity index (χ2n) is 9.89. The Morgan fingerprint density at radius 2 is 1.82 bits per heavy atom. The summed E-state index contributed by atoms with van der Waals surface area (Å²) in [6.45, 7) is 4.87. The topological polar surface area (TPSA) is 80.3 Å². The molecule has 3 heterocycles. The largest absolute Gasteiger partial charge is 0.493 e. The second-order valence-corrected chi connectivity index (χ2v) is 9.89. The molecule has 3 aliphatic heterocycles. The van der Waals surface area contributed by atoms with Gasteiger partial charge in [-0.2, -0.15) is 0 Å². The Morgan fingerprint density at radius 1 is 0.974 bits per heavy atom. The minimum atomic E-state index is -0.365. The molecule has 0 radical (unpaired) electrons. The molecule has 0 spiro atoms. The average Bonchev–Trinajstić information content (AvgIpc) is 3.52. The van der Waals surface area contributed by atoms with Crippen LogP contribution in [0.4, 0.5) is 0 Å². The fraction of sp³-hybridized carbons (Fsp3) is 0.290. The minimum Gasteiger partial charge on any atom is -0.493 e. The molecular weight excluding hydrogens is 484 g/mol. The number of ketones is 1. The highest BCUT2D eigenvalue weighted by atomic mass is 16.5. The molecule has 7 heteroatoms. The van der Waals surface area contributed by atoms with Crippen molar-refractivity contribution in [1.29, 1.82) is 0 Å². The molecule has 3 aromatic rings. The third-order valence-corrected chi connectivity index (χ3v) is 7.20. The van der Waals surface area contributed by atoms with Crippen LogP contribution in [0.3, 0.4) is 0 Å². The van der Waals surface area contributed by atoms with Crippen LogP contribution in [-0.2, 0) is 17.6 Å². The van der Waals surface area contributed by atoms with Crippen molar-refractivity contribution in [3.05, 3.63) is 87.7 Å². The van der Waals surface area contributed by atoms with Crippen molar-refractivity contribution in [2.45, 2.75) is 39.0 Å². The maximum absolute atomic E-state index is 12.9. The predicted octanol–water partition coefficient (Wildman–Crippen LogP) is 5.56. The molecular formula is C31H28O7. The van der Waals surface area contributed by atoms with Gasteiger partial charge in [-0.15, -0.1) is 0 Å². The Hall–Kier alpha value is -4.26. The van der Waals surface area contributed by atoms with Crippen LogP contribution < -0.4 is 23.7 Å². The Kier molecular flexibility index (Phi) is 6.06. The molecule has 1 atom stereocenters. The van der Waals surface area contributed by atoms with Crippen molar-refractivity contribution in [3.8, 4) is 28.7 Å². The summed E-state index contributed by atoms with van der Waals surface area (Å²) in [4.78, 5) is 25.5. The zero-order valence-electron chi connectivity index (χ0n) is 21.6. The molecule has 1 unspecified atom stereocenters. The van der Waals surface area contributed by atoms with Gasteiger partial charge in [-0.1, -0.05) is 18.2 Å². The number of hydrogen-bond donors (Lipinski definition) is 0. The number of Topliss-reactive ketones (excluding diaryl/α,β-unsaturated/α-hetero) is 1. The van der Waals surface area contributed by atoms with Gasteiger partial charge in [0.1, 0.15) is 17.2 Å². The quantitative estimate of drug-likeness (QED) is 0.243. The molecule has 0 N–H and O–H groups in total. The van der Waals surface area contributed by atoms with Crippen molar-refractivity contribution < 1.29 is 33.3 Å². The molecule has 3 aliphatic rings. The number of benzene rings is 3. The molecule has 0 fully saturated rings. The van der Waals surface area contributed by atoms with Crippen molar-refractivity contribution in [2.24, 2.45) is 0 Å². The number of esters is 1. The third-order valence-electron chi connectivity index (χ3n) is 7.20. The van der Waals surface area contributed by atoms with Crippen LogP contribution in [0.25, 0.3) is 0 Å². The number of ether oxygens (including phenoxy) is 5. The normalized spacial score (nSPS) is 17.1. The maximum atomic E-state index is 12.9. The van der Waals surface area contributed by atoms with Crippen molar-refractivity contribution in [3.63, 3.8) is 0 Å². The van der Waals surface area contributed by atoms with Crippen LogP contribution in [0.15, 0.2) is 59.9 Å². The van der Waals surface area contributed by atoms with Crippen LogP contribution in [0, 0.1) is 0 Å². The SMILES string of the molecule is COc1ccc(C2CC(=O)Oc3ccc4c(c32)OC(=C(C)C)C4=O)cc1OCCc1ccc2c(c1)CCO2. The summed E-state index contributed by atoms with van der Waals surface area (Å²) in [6.07, 6.45) is 1.78. The number of methoxy groups -OCH3 is 1. The van der Waals surface area contributed by atoms with E-state index in [9.17, 15) is 9.59 Å². The van der Waals surface area contributed by atoms with Crippen LogP contribution in [0.1, 0.15) is 58.8 Å². The molecule has 194 valence electrons. The Labute approximate surface area is 220 Å². The second kappa shape index (κ2) is 9.56. The smallest absolute Gasteiger partial charge is 0.312 e. The van der Waals surface area contributed by atoms with Crippen LogP contribution in [0.2, 0.25) is 0 Å². The molecule has 38 heavy (non-hydrogen) atoms. The number of rotatable bonds is 6. The summed E-state index contributed by atoms with van der Waals surface area (Å²) in [7, 11) is 1.60. The van der Waals surface area contributed by atoms with Crippen molar-refractivity contribution >= 4 is 11.8 Å². The van der Waals surface area contributed by atoms with E-state index in [4.69, 9.17) is 23.7 Å². The molecule has 0 aromatic heterocycles. The van der Waals surface area contributed by atoms with Crippen LogP contribution in [0.5, 0.6) is 28.7 Å². The van der Waals surface area contributed by atoms with Crippen molar-refractivity contribution in [2.75, 3.05) is 20.3 Å². The summed E-state index contributed by atoms with van der Waals surface area (Å²) >= 11 is 0. The van der Waals surface area contributed by atoms with E-state index in [-0.39, 0.29) is 24.1 Å². The first-order valence-electron chi connectivity index (χ1n) is 12.8. The van der Waals surface area contributed by atoms with Gasteiger partial charge in [0.25, 0.3) is 0 Å². The summed E-state index contributed by atoms with van der Waals surface area (Å²) < 4.78 is 29.0. The lowest BCUT2D eigenvalue weighted by molar-refractivity contribution is -0.135. The Bertz CT molecular complexity index is 1500. The van der Waals surface area contributed by atoms with E-state index < -0.39 is 0 Å². The lowest BCUT2D eigenvalue weighted by Gasteiger charge is -2.27.